The summed E-state index contributed by atoms with van der Waals surface area (Å²) in [7, 11) is -3.85. The molecule has 2 aromatic rings. The maximum Gasteiger partial charge on any atom is 0.244 e. The Morgan fingerprint density at radius 3 is 2.38 bits per heavy atom. The molecule has 1 amide bonds. The molecule has 1 aliphatic heterocycles. The highest BCUT2D eigenvalue weighted by molar-refractivity contribution is 7.89. The number of nitrogens with zero attached hydrogens (tertiary/aromatic N) is 1. The van der Waals surface area contributed by atoms with Crippen LogP contribution in [-0.2, 0) is 14.8 Å². The van der Waals surface area contributed by atoms with Gasteiger partial charge in [0.05, 0.1) is 4.90 Å². The van der Waals surface area contributed by atoms with Crippen molar-refractivity contribution in [3.05, 3.63) is 63.7 Å². The zero-order chi connectivity index (χ0) is 19.1. The number of piperazine rings is 1. The van der Waals surface area contributed by atoms with Gasteiger partial charge >= 0.3 is 0 Å². The molecule has 1 fully saturated rings. The Hall–Kier alpha value is -1.89. The molecule has 1 aliphatic rings. The third-order valence-corrected chi connectivity index (χ3v) is 6.91. The second kappa shape index (κ2) is 7.02. The van der Waals surface area contributed by atoms with Gasteiger partial charge in [-0.1, -0.05) is 41.4 Å². The molecular weight excluding hydrogens is 372 g/mol. The summed E-state index contributed by atoms with van der Waals surface area (Å²) in [5.74, 6) is -0.343. The molecule has 5 nitrogen and oxygen atoms in total. The van der Waals surface area contributed by atoms with E-state index in [1.807, 2.05) is 19.1 Å². The summed E-state index contributed by atoms with van der Waals surface area (Å²) in [6.07, 6.45) is 0. The Bertz CT molecular complexity index is 949. The number of hydrogen-bond acceptors (Lipinski definition) is 3. The van der Waals surface area contributed by atoms with E-state index in [0.717, 1.165) is 5.56 Å². The number of carbonyl (C=O) groups excluding carboxylic acids is 1. The van der Waals surface area contributed by atoms with Crippen LogP contribution in [0.3, 0.4) is 0 Å². The van der Waals surface area contributed by atoms with Gasteiger partial charge in [0.25, 0.3) is 0 Å². The van der Waals surface area contributed by atoms with Gasteiger partial charge in [-0.2, -0.15) is 4.31 Å². The van der Waals surface area contributed by atoms with E-state index in [0.29, 0.717) is 21.7 Å². The number of amides is 1. The summed E-state index contributed by atoms with van der Waals surface area (Å²) < 4.78 is 28.2. The van der Waals surface area contributed by atoms with Gasteiger partial charge in [-0.15, -0.1) is 0 Å². The molecule has 26 heavy (non-hydrogen) atoms. The van der Waals surface area contributed by atoms with Crippen molar-refractivity contribution in [2.45, 2.75) is 31.7 Å². The zero-order valence-corrected chi connectivity index (χ0v) is 16.5. The van der Waals surface area contributed by atoms with E-state index in [-0.39, 0.29) is 23.9 Å². The molecular formula is C19H21ClN2O3S. The van der Waals surface area contributed by atoms with Crippen molar-refractivity contribution in [2.75, 3.05) is 13.1 Å². The first-order chi connectivity index (χ1) is 12.2. The van der Waals surface area contributed by atoms with Gasteiger partial charge in [-0.25, -0.2) is 8.42 Å². The normalized spacial score (nSPS) is 18.6. The van der Waals surface area contributed by atoms with E-state index < -0.39 is 16.1 Å². The van der Waals surface area contributed by atoms with E-state index in [4.69, 9.17) is 11.6 Å². The first kappa shape index (κ1) is 18.9. The summed E-state index contributed by atoms with van der Waals surface area (Å²) in [6.45, 7) is 5.98. The average Bonchev–Trinajstić information content (AvgIpc) is 2.53. The lowest BCUT2D eigenvalue weighted by Gasteiger charge is -2.35. The maximum atomic E-state index is 13.5. The van der Waals surface area contributed by atoms with E-state index in [1.165, 1.54) is 4.31 Å². The van der Waals surface area contributed by atoms with Crippen LogP contribution in [0, 0.1) is 20.8 Å². The predicted octanol–water partition coefficient (Wildman–Crippen LogP) is 3.13. The smallest absolute Gasteiger partial charge is 0.244 e. The van der Waals surface area contributed by atoms with E-state index in [1.54, 1.807) is 38.1 Å². The van der Waals surface area contributed by atoms with Gasteiger partial charge in [0.2, 0.25) is 15.9 Å². The molecule has 0 saturated carbocycles. The Morgan fingerprint density at radius 1 is 1.12 bits per heavy atom. The number of aryl methyl sites for hydroxylation is 3. The number of benzene rings is 2. The first-order valence-corrected chi connectivity index (χ1v) is 10.2. The summed E-state index contributed by atoms with van der Waals surface area (Å²) in [5.41, 5.74) is 2.92. The molecule has 0 aromatic heterocycles. The highest BCUT2D eigenvalue weighted by atomic mass is 35.5. The fourth-order valence-electron chi connectivity index (χ4n) is 3.59. The molecule has 1 unspecified atom stereocenters. The average molecular weight is 393 g/mol. The number of hydrogen-bond donors (Lipinski definition) is 1. The minimum atomic E-state index is -3.85. The van der Waals surface area contributed by atoms with Crippen LogP contribution in [0.15, 0.2) is 41.3 Å². The number of nitrogens with one attached hydrogen (secondary N) is 1. The number of halogens is 1. The monoisotopic (exact) mass is 392 g/mol. The molecule has 0 aliphatic carbocycles. The molecule has 3 rings (SSSR count). The third-order valence-electron chi connectivity index (χ3n) is 4.50. The Morgan fingerprint density at radius 2 is 1.77 bits per heavy atom. The van der Waals surface area contributed by atoms with Crippen LogP contribution in [0.2, 0.25) is 5.02 Å². The van der Waals surface area contributed by atoms with Crippen LogP contribution in [0.1, 0.15) is 28.3 Å². The number of sulfonamides is 1. The number of rotatable bonds is 3. The topological polar surface area (TPSA) is 66.5 Å². The second-order valence-corrected chi connectivity index (χ2v) is 8.86. The fourth-order valence-corrected chi connectivity index (χ4v) is 5.78. The molecule has 2 aromatic carbocycles. The fraction of sp³-hybridized carbons (Fsp3) is 0.316. The van der Waals surface area contributed by atoms with Crippen molar-refractivity contribution in [1.29, 1.82) is 0 Å². The lowest BCUT2D eigenvalue weighted by molar-refractivity contribution is -0.126. The predicted molar refractivity (Wildman–Crippen MR) is 102 cm³/mol. The molecule has 1 heterocycles. The molecule has 1 N–H and O–H groups in total. The molecule has 7 heteroatoms. The zero-order valence-electron chi connectivity index (χ0n) is 14.9. The summed E-state index contributed by atoms with van der Waals surface area (Å²) in [4.78, 5) is 12.8. The molecule has 1 atom stereocenters. The van der Waals surface area contributed by atoms with Gasteiger partial charge in [0.15, 0.2) is 0 Å². The van der Waals surface area contributed by atoms with E-state index >= 15 is 0 Å². The molecule has 138 valence electrons. The van der Waals surface area contributed by atoms with Crippen molar-refractivity contribution < 1.29 is 13.2 Å². The van der Waals surface area contributed by atoms with Crippen LogP contribution in [0.5, 0.6) is 0 Å². The van der Waals surface area contributed by atoms with Crippen molar-refractivity contribution in [1.82, 2.24) is 9.62 Å². The Balaban J connectivity index is 2.14. The molecule has 0 radical (unpaired) electrons. The largest absolute Gasteiger partial charge is 0.353 e. The van der Waals surface area contributed by atoms with Gasteiger partial charge in [0.1, 0.15) is 6.04 Å². The van der Waals surface area contributed by atoms with Crippen LogP contribution >= 0.6 is 11.6 Å². The molecule has 0 bridgehead atoms. The Labute approximate surface area is 159 Å². The van der Waals surface area contributed by atoms with Gasteiger partial charge in [-0.3, -0.25) is 4.79 Å². The third kappa shape index (κ3) is 3.37. The summed E-state index contributed by atoms with van der Waals surface area (Å²) in [5, 5.41) is 3.21. The highest BCUT2D eigenvalue weighted by Gasteiger charge is 2.40. The lowest BCUT2D eigenvalue weighted by atomic mass is 10.0. The van der Waals surface area contributed by atoms with E-state index in [9.17, 15) is 13.2 Å². The maximum absolute atomic E-state index is 13.5. The van der Waals surface area contributed by atoms with Crippen molar-refractivity contribution in [3.63, 3.8) is 0 Å². The van der Waals surface area contributed by atoms with Crippen LogP contribution in [0.25, 0.3) is 0 Å². The molecule has 1 saturated heterocycles. The summed E-state index contributed by atoms with van der Waals surface area (Å²) in [6, 6.07) is 9.52. The van der Waals surface area contributed by atoms with Crippen LogP contribution in [0.4, 0.5) is 0 Å². The highest BCUT2D eigenvalue weighted by Crippen LogP contribution is 2.33. The van der Waals surface area contributed by atoms with Crippen LogP contribution in [-0.4, -0.2) is 31.7 Å². The SMILES string of the molecule is Cc1cc(C)c(S(=O)(=O)N2CCNC(=O)C2c2cccc(Cl)c2)c(C)c1. The van der Waals surface area contributed by atoms with Crippen LogP contribution < -0.4 is 5.32 Å². The quantitative estimate of drug-likeness (QED) is 0.872. The van der Waals surface area contributed by atoms with Crippen molar-refractivity contribution in [3.8, 4) is 0 Å². The van der Waals surface area contributed by atoms with Gasteiger partial charge in [-0.05, 0) is 49.6 Å². The lowest BCUT2D eigenvalue weighted by Crippen LogP contribution is -2.52. The summed E-state index contributed by atoms with van der Waals surface area (Å²) >= 11 is 6.06. The minimum Gasteiger partial charge on any atom is -0.353 e. The number of carbonyl (C=O) groups is 1. The standard InChI is InChI=1S/C19H21ClN2O3S/c1-12-9-13(2)18(14(3)10-12)26(24,25)22-8-7-21-19(23)17(22)15-5-4-6-16(20)11-15/h4-6,9-11,17H,7-8H2,1-3H3,(H,21,23). The van der Waals surface area contributed by atoms with Gasteiger partial charge < -0.3 is 5.32 Å². The Kier molecular flexibility index (Phi) is 5.10. The van der Waals surface area contributed by atoms with Gasteiger partial charge in [0, 0.05) is 18.1 Å². The minimum absolute atomic E-state index is 0.206. The van der Waals surface area contributed by atoms with E-state index in [2.05, 4.69) is 5.32 Å². The van der Waals surface area contributed by atoms with Crippen molar-refractivity contribution >= 4 is 27.5 Å². The molecule has 0 spiro atoms. The van der Waals surface area contributed by atoms with Crippen molar-refractivity contribution in [2.24, 2.45) is 0 Å². The second-order valence-electron chi connectivity index (χ2n) is 6.59. The first-order valence-electron chi connectivity index (χ1n) is 8.34.